The molecule has 0 bridgehead atoms. The van der Waals surface area contributed by atoms with Gasteiger partial charge in [0.15, 0.2) is 0 Å². The summed E-state index contributed by atoms with van der Waals surface area (Å²) in [5, 5.41) is 3.15. The number of methoxy groups -OCH3 is 1. The van der Waals surface area contributed by atoms with Crippen molar-refractivity contribution in [3.63, 3.8) is 0 Å². The van der Waals surface area contributed by atoms with Crippen molar-refractivity contribution in [3.8, 4) is 5.75 Å². The van der Waals surface area contributed by atoms with E-state index in [-0.39, 0.29) is 17.9 Å². The standard InChI is InChI=1S/C26H34N2O3S/c1-20(26(30)27-23-10-6-7-11-23)28(17-16-21-8-4-3-5-9-21)25(29)19-32-18-22-12-14-24(31-2)15-13-22/h3-5,8-9,12-15,20,23H,6-7,10-11,16-19H2,1-2H3,(H,27,30). The summed E-state index contributed by atoms with van der Waals surface area (Å²) in [5.41, 5.74) is 2.31. The zero-order chi connectivity index (χ0) is 22.8. The number of benzene rings is 2. The lowest BCUT2D eigenvalue weighted by atomic mass is 10.1. The first-order chi connectivity index (χ1) is 15.6. The smallest absolute Gasteiger partial charge is 0.242 e. The molecule has 1 aliphatic carbocycles. The number of thioether (sulfide) groups is 1. The average Bonchev–Trinajstić information content (AvgIpc) is 3.33. The Balaban J connectivity index is 1.58. The van der Waals surface area contributed by atoms with Crippen LogP contribution >= 0.6 is 11.8 Å². The first-order valence-corrected chi connectivity index (χ1v) is 12.6. The maximum atomic E-state index is 13.1. The van der Waals surface area contributed by atoms with Crippen molar-refractivity contribution in [1.82, 2.24) is 10.2 Å². The third-order valence-electron chi connectivity index (χ3n) is 6.01. The molecule has 1 saturated carbocycles. The predicted molar refractivity (Wildman–Crippen MR) is 131 cm³/mol. The average molecular weight is 455 g/mol. The van der Waals surface area contributed by atoms with Crippen LogP contribution in [0.4, 0.5) is 0 Å². The van der Waals surface area contributed by atoms with Gasteiger partial charge in [0, 0.05) is 18.3 Å². The molecule has 1 fully saturated rings. The van der Waals surface area contributed by atoms with E-state index in [2.05, 4.69) is 17.4 Å². The molecule has 1 N–H and O–H groups in total. The Hall–Kier alpha value is -2.47. The molecular formula is C26H34N2O3S. The van der Waals surface area contributed by atoms with Gasteiger partial charge in [0.2, 0.25) is 11.8 Å². The second kappa shape index (κ2) is 12.5. The molecule has 0 aliphatic heterocycles. The molecule has 2 amide bonds. The molecule has 3 rings (SSSR count). The van der Waals surface area contributed by atoms with Gasteiger partial charge in [-0.05, 0) is 49.4 Å². The van der Waals surface area contributed by atoms with Crippen molar-refractivity contribution < 1.29 is 14.3 Å². The Kier molecular flexibility index (Phi) is 9.47. The number of ether oxygens (including phenoxy) is 1. The Morgan fingerprint density at radius 2 is 1.75 bits per heavy atom. The molecular weight excluding hydrogens is 420 g/mol. The van der Waals surface area contributed by atoms with Crippen LogP contribution in [0.2, 0.25) is 0 Å². The number of hydrogen-bond donors (Lipinski definition) is 1. The van der Waals surface area contributed by atoms with Crippen LogP contribution in [0.25, 0.3) is 0 Å². The van der Waals surface area contributed by atoms with Gasteiger partial charge in [-0.1, -0.05) is 55.3 Å². The van der Waals surface area contributed by atoms with Crippen LogP contribution in [0.3, 0.4) is 0 Å². The van der Waals surface area contributed by atoms with Crippen molar-refractivity contribution in [2.75, 3.05) is 19.4 Å². The van der Waals surface area contributed by atoms with Crippen LogP contribution in [0, 0.1) is 0 Å². The molecule has 1 atom stereocenters. The topological polar surface area (TPSA) is 58.6 Å². The maximum Gasteiger partial charge on any atom is 0.242 e. The highest BCUT2D eigenvalue weighted by Gasteiger charge is 2.28. The van der Waals surface area contributed by atoms with Gasteiger partial charge in [-0.15, -0.1) is 11.8 Å². The maximum absolute atomic E-state index is 13.1. The molecule has 0 heterocycles. The van der Waals surface area contributed by atoms with Gasteiger partial charge in [0.1, 0.15) is 11.8 Å². The van der Waals surface area contributed by atoms with Gasteiger partial charge in [-0.3, -0.25) is 9.59 Å². The van der Waals surface area contributed by atoms with E-state index in [1.54, 1.807) is 23.8 Å². The number of rotatable bonds is 11. The number of amides is 2. The van der Waals surface area contributed by atoms with Crippen LogP contribution in [0.5, 0.6) is 5.75 Å². The lowest BCUT2D eigenvalue weighted by molar-refractivity contribution is -0.138. The largest absolute Gasteiger partial charge is 0.497 e. The van der Waals surface area contributed by atoms with E-state index in [4.69, 9.17) is 4.74 Å². The highest BCUT2D eigenvalue weighted by Crippen LogP contribution is 2.19. The number of carbonyl (C=O) groups is 2. The molecule has 1 aliphatic rings. The second-order valence-corrected chi connectivity index (χ2v) is 9.32. The highest BCUT2D eigenvalue weighted by molar-refractivity contribution is 7.99. The van der Waals surface area contributed by atoms with Crippen molar-refractivity contribution in [2.24, 2.45) is 0 Å². The molecule has 2 aromatic rings. The van der Waals surface area contributed by atoms with Crippen molar-refractivity contribution in [2.45, 2.75) is 56.9 Å². The minimum Gasteiger partial charge on any atom is -0.497 e. The molecule has 6 heteroatoms. The van der Waals surface area contributed by atoms with Crippen molar-refractivity contribution in [3.05, 3.63) is 65.7 Å². The molecule has 0 aromatic heterocycles. The van der Waals surface area contributed by atoms with Gasteiger partial charge < -0.3 is 15.0 Å². The van der Waals surface area contributed by atoms with Crippen LogP contribution in [-0.2, 0) is 21.8 Å². The zero-order valence-corrected chi connectivity index (χ0v) is 19.9. The molecule has 172 valence electrons. The molecule has 5 nitrogen and oxygen atoms in total. The van der Waals surface area contributed by atoms with E-state index in [0.29, 0.717) is 12.3 Å². The fraction of sp³-hybridized carbons (Fsp3) is 0.462. The van der Waals surface area contributed by atoms with E-state index >= 15 is 0 Å². The van der Waals surface area contributed by atoms with Crippen LogP contribution in [-0.4, -0.2) is 48.2 Å². The van der Waals surface area contributed by atoms with Crippen molar-refractivity contribution in [1.29, 1.82) is 0 Å². The molecule has 0 spiro atoms. The van der Waals surface area contributed by atoms with E-state index < -0.39 is 6.04 Å². The number of carbonyl (C=O) groups excluding carboxylic acids is 2. The fourth-order valence-electron chi connectivity index (χ4n) is 4.02. The zero-order valence-electron chi connectivity index (χ0n) is 19.1. The van der Waals surface area contributed by atoms with Crippen LogP contribution in [0.1, 0.15) is 43.7 Å². The normalized spacial score (nSPS) is 14.7. The number of nitrogens with one attached hydrogen (secondary N) is 1. The summed E-state index contributed by atoms with van der Waals surface area (Å²) in [6.07, 6.45) is 5.13. The Bertz CT molecular complexity index is 851. The number of nitrogens with zero attached hydrogens (tertiary/aromatic N) is 1. The van der Waals surface area contributed by atoms with E-state index in [1.807, 2.05) is 49.4 Å². The van der Waals surface area contributed by atoms with Gasteiger partial charge in [-0.25, -0.2) is 0 Å². The summed E-state index contributed by atoms with van der Waals surface area (Å²) in [7, 11) is 1.65. The molecule has 32 heavy (non-hydrogen) atoms. The molecule has 0 radical (unpaired) electrons. The first-order valence-electron chi connectivity index (χ1n) is 11.4. The Labute approximate surface area is 195 Å². The Morgan fingerprint density at radius 1 is 1.06 bits per heavy atom. The quantitative estimate of drug-likeness (QED) is 0.545. The fourth-order valence-corrected chi connectivity index (χ4v) is 4.89. The molecule has 1 unspecified atom stereocenters. The van der Waals surface area contributed by atoms with Crippen molar-refractivity contribution >= 4 is 23.6 Å². The lowest BCUT2D eigenvalue weighted by Crippen LogP contribution is -2.51. The second-order valence-electron chi connectivity index (χ2n) is 8.33. The third kappa shape index (κ3) is 7.30. The summed E-state index contributed by atoms with van der Waals surface area (Å²) in [6.45, 7) is 2.38. The summed E-state index contributed by atoms with van der Waals surface area (Å²) in [4.78, 5) is 27.8. The molecule has 0 saturated heterocycles. The minimum absolute atomic E-state index is 0.00788. The van der Waals surface area contributed by atoms with Gasteiger partial charge in [0.05, 0.1) is 12.9 Å². The highest BCUT2D eigenvalue weighted by atomic mass is 32.2. The summed E-state index contributed by atoms with van der Waals surface area (Å²) >= 11 is 1.58. The lowest BCUT2D eigenvalue weighted by Gasteiger charge is -2.29. The van der Waals surface area contributed by atoms with Gasteiger partial charge >= 0.3 is 0 Å². The van der Waals surface area contributed by atoms with E-state index in [9.17, 15) is 9.59 Å². The van der Waals surface area contributed by atoms with E-state index in [0.717, 1.165) is 49.2 Å². The minimum atomic E-state index is -0.478. The van der Waals surface area contributed by atoms with Crippen LogP contribution in [0.15, 0.2) is 54.6 Å². The third-order valence-corrected chi connectivity index (χ3v) is 6.99. The molecule has 2 aromatic carbocycles. The number of hydrogen-bond acceptors (Lipinski definition) is 4. The van der Waals surface area contributed by atoms with Gasteiger partial charge in [-0.2, -0.15) is 0 Å². The van der Waals surface area contributed by atoms with E-state index in [1.165, 1.54) is 5.56 Å². The van der Waals surface area contributed by atoms with Gasteiger partial charge in [0.25, 0.3) is 0 Å². The summed E-state index contributed by atoms with van der Waals surface area (Å²) in [6, 6.07) is 17.8. The summed E-state index contributed by atoms with van der Waals surface area (Å²) in [5.74, 6) is 1.88. The predicted octanol–water partition coefficient (Wildman–Crippen LogP) is 4.45. The SMILES string of the molecule is COc1ccc(CSCC(=O)N(CCc2ccccc2)C(C)C(=O)NC2CCCC2)cc1. The monoisotopic (exact) mass is 454 g/mol. The summed E-state index contributed by atoms with van der Waals surface area (Å²) < 4.78 is 5.20. The van der Waals surface area contributed by atoms with Crippen LogP contribution < -0.4 is 10.1 Å². The first kappa shape index (κ1) is 24.2. The Morgan fingerprint density at radius 3 is 2.41 bits per heavy atom.